The predicted molar refractivity (Wildman–Crippen MR) is 68.1 cm³/mol. The van der Waals surface area contributed by atoms with Crippen LogP contribution in [0.25, 0.3) is 0 Å². The first-order valence-electron chi connectivity index (χ1n) is 5.26. The van der Waals surface area contributed by atoms with Crippen molar-refractivity contribution in [1.29, 1.82) is 0 Å². The number of hydrogen-bond donors (Lipinski definition) is 1. The van der Waals surface area contributed by atoms with Crippen LogP contribution in [-0.4, -0.2) is 18.2 Å². The molecular weight excluding hydrogens is 214 g/mol. The van der Waals surface area contributed by atoms with Gasteiger partial charge in [-0.2, -0.15) is 0 Å². The number of benzene rings is 1. The summed E-state index contributed by atoms with van der Waals surface area (Å²) in [6.45, 7) is 9.11. The van der Waals surface area contributed by atoms with Crippen LogP contribution < -0.4 is 5.32 Å². The second kappa shape index (κ2) is 5.80. The third-order valence-electron chi connectivity index (χ3n) is 2.21. The molecule has 0 aliphatic rings. The monoisotopic (exact) mass is 229 g/mol. The Morgan fingerprint density at radius 3 is 2.41 bits per heavy atom. The highest BCUT2D eigenvalue weighted by Crippen LogP contribution is 2.13. The van der Waals surface area contributed by atoms with Gasteiger partial charge in [0.15, 0.2) is 5.78 Å². The SMILES string of the molecule is C=CCNC(=O)c1ccccc1C(=O)C(=C)C. The van der Waals surface area contributed by atoms with E-state index < -0.39 is 0 Å². The number of ketones is 1. The highest BCUT2D eigenvalue weighted by atomic mass is 16.2. The first-order valence-corrected chi connectivity index (χ1v) is 5.26. The van der Waals surface area contributed by atoms with Gasteiger partial charge in [-0.25, -0.2) is 0 Å². The third-order valence-corrected chi connectivity index (χ3v) is 2.21. The Labute approximate surface area is 101 Å². The normalized spacial score (nSPS) is 9.47. The van der Waals surface area contributed by atoms with Crippen molar-refractivity contribution >= 4 is 11.7 Å². The minimum Gasteiger partial charge on any atom is -0.349 e. The van der Waals surface area contributed by atoms with E-state index in [0.29, 0.717) is 23.2 Å². The Balaban J connectivity index is 3.07. The molecule has 3 nitrogen and oxygen atoms in total. The summed E-state index contributed by atoms with van der Waals surface area (Å²) in [6.07, 6.45) is 1.58. The van der Waals surface area contributed by atoms with Crippen LogP contribution in [0.3, 0.4) is 0 Å². The number of amides is 1. The molecule has 0 heterocycles. The van der Waals surface area contributed by atoms with E-state index in [9.17, 15) is 9.59 Å². The van der Waals surface area contributed by atoms with Crippen LogP contribution in [0.5, 0.6) is 0 Å². The number of Topliss-reactive ketones (excluding diaryl/α,β-unsaturated/α-hetero) is 1. The molecule has 0 aliphatic carbocycles. The van der Waals surface area contributed by atoms with Gasteiger partial charge in [-0.1, -0.05) is 30.9 Å². The van der Waals surface area contributed by atoms with E-state index in [0.717, 1.165) is 0 Å². The molecule has 1 N–H and O–H groups in total. The van der Waals surface area contributed by atoms with Gasteiger partial charge in [-0.05, 0) is 18.6 Å². The molecule has 0 spiro atoms. The average Bonchev–Trinajstić information content (AvgIpc) is 2.34. The molecule has 1 rings (SSSR count). The van der Waals surface area contributed by atoms with Crippen molar-refractivity contribution in [2.24, 2.45) is 0 Å². The summed E-state index contributed by atoms with van der Waals surface area (Å²) >= 11 is 0. The number of allylic oxidation sites excluding steroid dienone is 1. The molecule has 0 aliphatic heterocycles. The van der Waals surface area contributed by atoms with Gasteiger partial charge in [-0.15, -0.1) is 6.58 Å². The molecule has 0 aromatic heterocycles. The lowest BCUT2D eigenvalue weighted by Gasteiger charge is -2.08. The molecular formula is C14H15NO2. The molecule has 1 aromatic carbocycles. The number of hydrogen-bond acceptors (Lipinski definition) is 2. The Hall–Kier alpha value is -2.16. The van der Waals surface area contributed by atoms with Crippen molar-refractivity contribution in [2.75, 3.05) is 6.54 Å². The van der Waals surface area contributed by atoms with Crippen molar-refractivity contribution in [3.8, 4) is 0 Å². The number of carbonyl (C=O) groups excluding carboxylic acids is 2. The van der Waals surface area contributed by atoms with Crippen LogP contribution in [-0.2, 0) is 0 Å². The summed E-state index contributed by atoms with van der Waals surface area (Å²) in [5, 5.41) is 2.64. The Morgan fingerprint density at radius 1 is 1.29 bits per heavy atom. The van der Waals surface area contributed by atoms with Gasteiger partial charge in [0.25, 0.3) is 5.91 Å². The standard InChI is InChI=1S/C14H15NO2/c1-4-9-15-14(17)12-8-6-5-7-11(12)13(16)10(2)3/h4-8H,1-2,9H2,3H3,(H,15,17). The topological polar surface area (TPSA) is 46.2 Å². The van der Waals surface area contributed by atoms with E-state index in [4.69, 9.17) is 0 Å². The fourth-order valence-corrected chi connectivity index (χ4v) is 1.37. The van der Waals surface area contributed by atoms with Crippen LogP contribution in [0.4, 0.5) is 0 Å². The Morgan fingerprint density at radius 2 is 1.88 bits per heavy atom. The molecule has 0 unspecified atom stereocenters. The summed E-state index contributed by atoms with van der Waals surface area (Å²) in [6, 6.07) is 6.69. The van der Waals surface area contributed by atoms with E-state index in [-0.39, 0.29) is 11.7 Å². The minimum absolute atomic E-state index is 0.214. The van der Waals surface area contributed by atoms with Crippen molar-refractivity contribution < 1.29 is 9.59 Å². The lowest BCUT2D eigenvalue weighted by atomic mass is 9.99. The van der Waals surface area contributed by atoms with E-state index in [2.05, 4.69) is 18.5 Å². The van der Waals surface area contributed by atoms with Crippen molar-refractivity contribution in [3.63, 3.8) is 0 Å². The summed E-state index contributed by atoms with van der Waals surface area (Å²) in [7, 11) is 0. The smallest absolute Gasteiger partial charge is 0.252 e. The van der Waals surface area contributed by atoms with Crippen molar-refractivity contribution in [1.82, 2.24) is 5.32 Å². The molecule has 0 saturated heterocycles. The van der Waals surface area contributed by atoms with E-state index in [1.165, 1.54) is 0 Å². The van der Waals surface area contributed by atoms with Crippen LogP contribution in [0, 0.1) is 0 Å². The largest absolute Gasteiger partial charge is 0.349 e. The van der Waals surface area contributed by atoms with E-state index in [1.54, 1.807) is 37.3 Å². The maximum Gasteiger partial charge on any atom is 0.252 e. The highest BCUT2D eigenvalue weighted by molar-refractivity contribution is 6.14. The van der Waals surface area contributed by atoms with Crippen LogP contribution >= 0.6 is 0 Å². The summed E-state index contributed by atoms with van der Waals surface area (Å²) in [5.41, 5.74) is 1.15. The van der Waals surface area contributed by atoms with Gasteiger partial charge in [-0.3, -0.25) is 9.59 Å². The minimum atomic E-state index is -0.282. The third kappa shape index (κ3) is 3.14. The fourth-order valence-electron chi connectivity index (χ4n) is 1.37. The average molecular weight is 229 g/mol. The number of rotatable bonds is 5. The van der Waals surface area contributed by atoms with Gasteiger partial charge in [0.2, 0.25) is 0 Å². The van der Waals surface area contributed by atoms with E-state index in [1.807, 2.05) is 0 Å². The van der Waals surface area contributed by atoms with Crippen LogP contribution in [0.15, 0.2) is 49.1 Å². The maximum atomic E-state index is 11.8. The van der Waals surface area contributed by atoms with Gasteiger partial charge in [0.1, 0.15) is 0 Å². The fraction of sp³-hybridized carbons (Fsp3) is 0.143. The summed E-state index contributed by atoms with van der Waals surface area (Å²) in [5.74, 6) is -0.496. The van der Waals surface area contributed by atoms with Gasteiger partial charge < -0.3 is 5.32 Å². The predicted octanol–water partition coefficient (Wildman–Crippen LogP) is 2.36. The lowest BCUT2D eigenvalue weighted by molar-refractivity contribution is 0.0945. The first-order chi connectivity index (χ1) is 8.07. The lowest BCUT2D eigenvalue weighted by Crippen LogP contribution is -2.25. The van der Waals surface area contributed by atoms with Crippen LogP contribution in [0.1, 0.15) is 27.6 Å². The van der Waals surface area contributed by atoms with Gasteiger partial charge in [0.05, 0.1) is 5.56 Å². The summed E-state index contributed by atoms with van der Waals surface area (Å²) in [4.78, 5) is 23.7. The van der Waals surface area contributed by atoms with Crippen molar-refractivity contribution in [3.05, 3.63) is 60.2 Å². The zero-order valence-electron chi connectivity index (χ0n) is 9.82. The van der Waals surface area contributed by atoms with Crippen molar-refractivity contribution in [2.45, 2.75) is 6.92 Å². The van der Waals surface area contributed by atoms with E-state index >= 15 is 0 Å². The van der Waals surface area contributed by atoms with Gasteiger partial charge in [0, 0.05) is 12.1 Å². The molecule has 0 radical (unpaired) electrons. The molecule has 17 heavy (non-hydrogen) atoms. The maximum absolute atomic E-state index is 11.8. The molecule has 1 amide bonds. The molecule has 0 fully saturated rings. The Bertz CT molecular complexity index is 475. The molecule has 0 saturated carbocycles. The second-order valence-corrected chi connectivity index (χ2v) is 3.65. The highest BCUT2D eigenvalue weighted by Gasteiger charge is 2.16. The molecule has 88 valence electrons. The molecule has 3 heteroatoms. The van der Waals surface area contributed by atoms with Gasteiger partial charge >= 0.3 is 0 Å². The number of carbonyl (C=O) groups is 2. The molecule has 0 atom stereocenters. The Kier molecular flexibility index (Phi) is 4.40. The molecule has 1 aromatic rings. The molecule has 0 bridgehead atoms. The quantitative estimate of drug-likeness (QED) is 0.478. The van der Waals surface area contributed by atoms with Crippen LogP contribution in [0.2, 0.25) is 0 Å². The summed E-state index contributed by atoms with van der Waals surface area (Å²) < 4.78 is 0. The zero-order chi connectivity index (χ0) is 12.8. The number of nitrogens with one attached hydrogen (secondary N) is 1. The first kappa shape index (κ1) is 12.9. The zero-order valence-corrected chi connectivity index (χ0v) is 9.82. The second-order valence-electron chi connectivity index (χ2n) is 3.65.